The van der Waals surface area contributed by atoms with Gasteiger partial charge in [0.2, 0.25) is 5.95 Å². The Hall–Kier alpha value is -3.87. The summed E-state index contributed by atoms with van der Waals surface area (Å²) in [7, 11) is 0. The first-order chi connectivity index (χ1) is 20.6. The number of carbonyl (C=O) groups excluding carboxylic acids is 2. The lowest BCUT2D eigenvalue weighted by Crippen LogP contribution is -2.32. The van der Waals surface area contributed by atoms with Crippen molar-refractivity contribution in [1.29, 1.82) is 0 Å². The number of hydrogen-bond acceptors (Lipinski definition) is 6. The number of nitrogens with zero attached hydrogens (tertiary/aromatic N) is 2. The van der Waals surface area contributed by atoms with Crippen molar-refractivity contribution in [2.75, 3.05) is 11.9 Å². The van der Waals surface area contributed by atoms with E-state index in [-0.39, 0.29) is 56.6 Å². The van der Waals surface area contributed by atoms with Crippen LogP contribution >= 0.6 is 34.8 Å². The number of rotatable bonds is 10. The molecule has 0 saturated heterocycles. The lowest BCUT2D eigenvalue weighted by atomic mass is 10.1. The zero-order valence-electron chi connectivity index (χ0n) is 23.6. The van der Waals surface area contributed by atoms with Gasteiger partial charge in [0.25, 0.3) is 12.3 Å². The number of hydrogen-bond donors (Lipinski definition) is 3. The molecule has 234 valence electrons. The van der Waals surface area contributed by atoms with Gasteiger partial charge in [0.15, 0.2) is 0 Å². The highest BCUT2D eigenvalue weighted by atomic mass is 35.5. The first-order valence-corrected chi connectivity index (χ1v) is 14.2. The minimum Gasteiger partial charge on any atom is -0.487 e. The molecule has 0 unspecified atom stereocenters. The lowest BCUT2D eigenvalue weighted by molar-refractivity contribution is 0.0523. The molecule has 9 nitrogen and oxygen atoms in total. The number of ether oxygens (including phenoxy) is 2. The van der Waals surface area contributed by atoms with E-state index in [2.05, 4.69) is 15.6 Å². The predicted octanol–water partition coefficient (Wildman–Crippen LogP) is 7.70. The maximum atomic E-state index is 13.9. The van der Waals surface area contributed by atoms with Crippen LogP contribution in [0.4, 0.5) is 29.6 Å². The highest BCUT2D eigenvalue weighted by Gasteiger charge is 2.22. The zero-order valence-corrected chi connectivity index (χ0v) is 25.9. The molecule has 44 heavy (non-hydrogen) atoms. The van der Waals surface area contributed by atoms with Gasteiger partial charge in [0.05, 0.1) is 43.9 Å². The number of imidazole rings is 1. The molecule has 0 radical (unpaired) electrons. The van der Waals surface area contributed by atoms with Crippen molar-refractivity contribution < 1.29 is 32.2 Å². The van der Waals surface area contributed by atoms with Crippen LogP contribution in [0, 0.1) is 5.82 Å². The van der Waals surface area contributed by atoms with Gasteiger partial charge in [-0.05, 0) is 56.2 Å². The molecule has 3 aromatic carbocycles. The van der Waals surface area contributed by atoms with Gasteiger partial charge >= 0.3 is 6.09 Å². The van der Waals surface area contributed by atoms with Crippen LogP contribution in [0.5, 0.6) is 5.75 Å². The topological polar surface area (TPSA) is 120 Å². The number of benzene rings is 3. The number of primary amides is 1. The Bertz CT molecular complexity index is 1730. The summed E-state index contributed by atoms with van der Waals surface area (Å²) in [6.45, 7) is 4.28. The molecule has 0 aliphatic rings. The molecule has 0 aliphatic heterocycles. The van der Waals surface area contributed by atoms with E-state index in [0.717, 1.165) is 0 Å². The van der Waals surface area contributed by atoms with E-state index in [1.54, 1.807) is 37.5 Å². The van der Waals surface area contributed by atoms with Crippen molar-refractivity contribution in [2.24, 2.45) is 5.73 Å². The summed E-state index contributed by atoms with van der Waals surface area (Å²) in [5.41, 5.74) is 6.50. The summed E-state index contributed by atoms with van der Waals surface area (Å²) >= 11 is 19.2. The number of alkyl carbamates (subject to hydrolysis) is 1. The molecule has 0 aliphatic carbocycles. The molecule has 0 atom stereocenters. The molecule has 1 aromatic heterocycles. The first kappa shape index (κ1) is 33.0. The number of fused-ring (bicyclic) bond motifs is 1. The number of carbonyl (C=O) groups is 2. The Morgan fingerprint density at radius 3 is 2.43 bits per heavy atom. The van der Waals surface area contributed by atoms with E-state index in [4.69, 9.17) is 50.0 Å². The van der Waals surface area contributed by atoms with Gasteiger partial charge in [0, 0.05) is 12.6 Å². The van der Waals surface area contributed by atoms with Crippen molar-refractivity contribution in [2.45, 2.75) is 45.9 Å². The van der Waals surface area contributed by atoms with Gasteiger partial charge in [-0.15, -0.1) is 0 Å². The Labute approximate surface area is 265 Å². The highest BCUT2D eigenvalue weighted by Crippen LogP contribution is 2.37. The van der Waals surface area contributed by atoms with Crippen LogP contribution in [0.2, 0.25) is 15.1 Å². The predicted molar refractivity (Wildman–Crippen MR) is 163 cm³/mol. The Kier molecular flexibility index (Phi) is 10.1. The van der Waals surface area contributed by atoms with Crippen LogP contribution < -0.4 is 21.1 Å². The van der Waals surface area contributed by atoms with E-state index in [1.807, 2.05) is 0 Å². The number of aromatic nitrogens is 2. The summed E-state index contributed by atoms with van der Waals surface area (Å²) in [5, 5.41) is 5.98. The summed E-state index contributed by atoms with van der Waals surface area (Å²) in [5.74, 6) is -1.56. The van der Waals surface area contributed by atoms with E-state index < -0.39 is 36.5 Å². The van der Waals surface area contributed by atoms with Crippen molar-refractivity contribution in [3.63, 3.8) is 0 Å². The van der Waals surface area contributed by atoms with Gasteiger partial charge in [0.1, 0.15) is 23.8 Å². The monoisotopic (exact) mass is 671 g/mol. The molecule has 4 rings (SSSR count). The molecule has 0 bridgehead atoms. The maximum absolute atomic E-state index is 13.9. The zero-order chi connectivity index (χ0) is 32.3. The lowest BCUT2D eigenvalue weighted by Gasteiger charge is -2.20. The summed E-state index contributed by atoms with van der Waals surface area (Å²) < 4.78 is 51.9. The number of alkyl halides is 2. The second-order valence-electron chi connectivity index (χ2n) is 10.5. The van der Waals surface area contributed by atoms with Gasteiger partial charge in [-0.25, -0.2) is 22.9 Å². The van der Waals surface area contributed by atoms with Crippen LogP contribution in [0.3, 0.4) is 0 Å². The standard InChI is InChI=1S/C29H27Cl3F3N5O4/c1-29(2,3)44-28(42)37-11-15-5-6-17(30)25(24(15)32)39-27-38-20-9-16(26(36)41)22(43-13-23(34)35)10-21(20)40(27)12-14-4-7-19(33)18(31)8-14/h4-10,23H,11-13H2,1-3H3,(H2,36,41)(H,37,42)(H,38,39). The number of halogens is 6. The molecule has 4 N–H and O–H groups in total. The molecule has 0 spiro atoms. The van der Waals surface area contributed by atoms with Crippen molar-refractivity contribution >= 4 is 69.5 Å². The fourth-order valence-corrected chi connectivity index (χ4v) is 4.87. The largest absolute Gasteiger partial charge is 0.487 e. The van der Waals surface area contributed by atoms with E-state index >= 15 is 0 Å². The van der Waals surface area contributed by atoms with Gasteiger partial charge in [-0.3, -0.25) is 4.79 Å². The number of anilines is 2. The normalized spacial score (nSPS) is 11.6. The third-order valence-electron chi connectivity index (χ3n) is 6.03. The summed E-state index contributed by atoms with van der Waals surface area (Å²) in [6.07, 6.45) is -3.45. The van der Waals surface area contributed by atoms with Crippen LogP contribution in [0.1, 0.15) is 42.3 Å². The highest BCUT2D eigenvalue weighted by molar-refractivity contribution is 6.39. The molecule has 0 saturated carbocycles. The minimum absolute atomic E-state index is 0.0108. The summed E-state index contributed by atoms with van der Waals surface area (Å²) in [6, 6.07) is 9.97. The number of nitrogens with two attached hydrogens (primary N) is 1. The fourth-order valence-electron chi connectivity index (χ4n) is 4.13. The average molecular weight is 673 g/mol. The summed E-state index contributed by atoms with van der Waals surface area (Å²) in [4.78, 5) is 28.9. The average Bonchev–Trinajstić information content (AvgIpc) is 3.25. The van der Waals surface area contributed by atoms with Gasteiger partial charge in [-0.2, -0.15) is 0 Å². The third-order valence-corrected chi connectivity index (χ3v) is 7.07. The van der Waals surface area contributed by atoms with Crippen molar-refractivity contribution in [1.82, 2.24) is 14.9 Å². The number of nitrogens with one attached hydrogen (secondary N) is 2. The van der Waals surface area contributed by atoms with Crippen LogP contribution in [0.25, 0.3) is 11.0 Å². The van der Waals surface area contributed by atoms with Crippen molar-refractivity contribution in [3.8, 4) is 5.75 Å². The smallest absolute Gasteiger partial charge is 0.407 e. The molecule has 0 fully saturated rings. The Balaban J connectivity index is 1.79. The second-order valence-corrected chi connectivity index (χ2v) is 11.7. The molecular weight excluding hydrogens is 646 g/mol. The molecule has 4 aromatic rings. The van der Waals surface area contributed by atoms with Crippen LogP contribution in [-0.4, -0.2) is 40.2 Å². The number of amides is 2. The molecule has 2 amide bonds. The van der Waals surface area contributed by atoms with Gasteiger partial charge in [-0.1, -0.05) is 46.9 Å². The molecule has 15 heteroatoms. The minimum atomic E-state index is -2.81. The molecule has 1 heterocycles. The van der Waals surface area contributed by atoms with Crippen LogP contribution in [-0.2, 0) is 17.8 Å². The van der Waals surface area contributed by atoms with E-state index in [1.165, 1.54) is 30.3 Å². The van der Waals surface area contributed by atoms with Crippen LogP contribution in [0.15, 0.2) is 42.5 Å². The maximum Gasteiger partial charge on any atom is 0.407 e. The first-order valence-electron chi connectivity index (χ1n) is 13.0. The van der Waals surface area contributed by atoms with Gasteiger partial charge < -0.3 is 30.4 Å². The second kappa shape index (κ2) is 13.4. The Morgan fingerprint density at radius 2 is 1.80 bits per heavy atom. The Morgan fingerprint density at radius 1 is 1.07 bits per heavy atom. The third kappa shape index (κ3) is 7.99. The quantitative estimate of drug-likeness (QED) is 0.159. The van der Waals surface area contributed by atoms with Crippen molar-refractivity contribution in [3.05, 3.63) is 80.0 Å². The fraction of sp³-hybridized carbons (Fsp3) is 0.276. The SMILES string of the molecule is CC(C)(C)OC(=O)NCc1ccc(Cl)c(Nc2nc3cc(C(N)=O)c(OCC(F)F)cc3n2Cc2ccc(F)c(Cl)c2)c1Cl. The van der Waals surface area contributed by atoms with E-state index in [9.17, 15) is 22.8 Å². The van der Waals surface area contributed by atoms with E-state index in [0.29, 0.717) is 16.6 Å². The molecular formula is C29H27Cl3F3N5O4.